The number of hydrogen-bond donors (Lipinski definition) is 2. The average molecular weight is 609 g/mol. The Kier molecular flexibility index (Phi) is 9.97. The summed E-state index contributed by atoms with van der Waals surface area (Å²) < 4.78 is 7.82. The Morgan fingerprint density at radius 2 is 1.84 bits per heavy atom. The molecule has 1 aliphatic heterocycles. The van der Waals surface area contributed by atoms with Crippen LogP contribution in [0.4, 0.5) is 5.69 Å². The van der Waals surface area contributed by atoms with Crippen LogP contribution in [0.25, 0.3) is 11.1 Å². The molecular weight excluding hydrogens is 568 g/mol. The number of hydrogen-bond acceptors (Lipinski definition) is 5. The number of aryl methyl sites for hydroxylation is 1. The highest BCUT2D eigenvalue weighted by atomic mass is 16.5. The van der Waals surface area contributed by atoms with Crippen molar-refractivity contribution in [3.05, 3.63) is 101 Å². The van der Waals surface area contributed by atoms with Crippen molar-refractivity contribution in [3.63, 3.8) is 0 Å². The molecule has 9 heteroatoms. The van der Waals surface area contributed by atoms with E-state index in [9.17, 15) is 14.4 Å². The number of benzene rings is 3. The Hall–Kier alpha value is -4.92. The second-order valence-corrected chi connectivity index (χ2v) is 11.7. The maximum atomic E-state index is 13.4. The number of aliphatic carboxylic acids is 1. The highest BCUT2D eigenvalue weighted by molar-refractivity contribution is 5.96. The van der Waals surface area contributed by atoms with E-state index < -0.39 is 5.97 Å². The molecule has 0 radical (unpaired) electrons. The Balaban J connectivity index is 1.25. The van der Waals surface area contributed by atoms with Gasteiger partial charge in [0.1, 0.15) is 5.75 Å². The van der Waals surface area contributed by atoms with Gasteiger partial charge in [0.25, 0.3) is 5.91 Å². The molecule has 2 N–H and O–H groups in total. The summed E-state index contributed by atoms with van der Waals surface area (Å²) in [4.78, 5) is 38.5. The Morgan fingerprint density at radius 3 is 2.67 bits per heavy atom. The van der Waals surface area contributed by atoms with Crippen LogP contribution in [0.2, 0.25) is 0 Å². The third-order valence-corrected chi connectivity index (χ3v) is 8.40. The topological polar surface area (TPSA) is 114 Å². The zero-order valence-electron chi connectivity index (χ0n) is 26.1. The number of amides is 2. The number of rotatable bonds is 12. The molecule has 45 heavy (non-hydrogen) atoms. The summed E-state index contributed by atoms with van der Waals surface area (Å²) in [6.45, 7) is 8.05. The number of fused-ring (bicyclic) bond motifs is 1. The molecule has 0 saturated heterocycles. The van der Waals surface area contributed by atoms with Gasteiger partial charge in [-0.25, -0.2) is 0 Å². The summed E-state index contributed by atoms with van der Waals surface area (Å²) in [7, 11) is 0. The van der Waals surface area contributed by atoms with Crippen molar-refractivity contribution in [1.82, 2.24) is 15.1 Å². The molecule has 2 amide bonds. The smallest absolute Gasteiger partial charge is 0.305 e. The van der Waals surface area contributed by atoms with E-state index in [0.29, 0.717) is 38.1 Å². The molecule has 3 aromatic carbocycles. The van der Waals surface area contributed by atoms with Crippen LogP contribution in [-0.4, -0.2) is 52.4 Å². The Bertz CT molecular complexity index is 1690. The normalized spacial score (nSPS) is 14.1. The fraction of sp³-hybridized carbons (Fsp3) is 0.333. The van der Waals surface area contributed by atoms with E-state index >= 15 is 0 Å². The van der Waals surface area contributed by atoms with Crippen LogP contribution >= 0.6 is 0 Å². The lowest BCUT2D eigenvalue weighted by Crippen LogP contribution is -2.36. The quantitative estimate of drug-likeness (QED) is 0.187. The fourth-order valence-corrected chi connectivity index (χ4v) is 5.80. The number of ether oxygens (including phenoxy) is 1. The minimum Gasteiger partial charge on any atom is -0.493 e. The van der Waals surface area contributed by atoms with Gasteiger partial charge in [-0.2, -0.15) is 5.10 Å². The molecule has 2 heterocycles. The van der Waals surface area contributed by atoms with E-state index in [0.717, 1.165) is 45.7 Å². The molecule has 0 saturated carbocycles. The molecule has 1 aliphatic rings. The first-order chi connectivity index (χ1) is 21.7. The van der Waals surface area contributed by atoms with Gasteiger partial charge in [0.2, 0.25) is 5.91 Å². The summed E-state index contributed by atoms with van der Waals surface area (Å²) in [5.41, 5.74) is 7.84. The van der Waals surface area contributed by atoms with Crippen molar-refractivity contribution in [2.45, 2.75) is 58.9 Å². The maximum Gasteiger partial charge on any atom is 0.305 e. The molecule has 9 nitrogen and oxygen atoms in total. The molecule has 1 atom stereocenters. The summed E-state index contributed by atoms with van der Waals surface area (Å²) in [6.07, 6.45) is 5.65. The summed E-state index contributed by atoms with van der Waals surface area (Å²) in [5, 5.41) is 16.1. The third-order valence-electron chi connectivity index (χ3n) is 8.40. The van der Waals surface area contributed by atoms with Crippen LogP contribution in [0.3, 0.4) is 0 Å². The van der Waals surface area contributed by atoms with Crippen molar-refractivity contribution < 1.29 is 24.2 Å². The van der Waals surface area contributed by atoms with Crippen LogP contribution < -0.4 is 15.0 Å². The lowest BCUT2D eigenvalue weighted by Gasteiger charge is -2.34. The molecule has 5 rings (SSSR count). The van der Waals surface area contributed by atoms with E-state index in [1.165, 1.54) is 5.56 Å². The Morgan fingerprint density at radius 1 is 1.04 bits per heavy atom. The maximum absolute atomic E-state index is 13.4. The first-order valence-corrected chi connectivity index (χ1v) is 15.5. The SMILES string of the molecule is Cc1cccc(OCCCC(=O)N2CCC(C)c3c(-c4cnn(Cc5cccc(C(=O)NCCC(=O)O)c5)c4)cccc32)c1C. The minimum atomic E-state index is -0.957. The van der Waals surface area contributed by atoms with Crippen molar-refractivity contribution >= 4 is 23.5 Å². The number of anilines is 1. The Labute approximate surface area is 263 Å². The van der Waals surface area contributed by atoms with Crippen molar-refractivity contribution in [1.29, 1.82) is 0 Å². The highest BCUT2D eigenvalue weighted by Crippen LogP contribution is 2.41. The number of carbonyl (C=O) groups is 3. The van der Waals surface area contributed by atoms with Gasteiger partial charge in [0.05, 0.1) is 25.8 Å². The van der Waals surface area contributed by atoms with Crippen molar-refractivity contribution in [3.8, 4) is 16.9 Å². The lowest BCUT2D eigenvalue weighted by molar-refractivity contribution is -0.136. The number of nitrogens with zero attached hydrogens (tertiary/aromatic N) is 3. The molecule has 0 aliphatic carbocycles. The van der Waals surface area contributed by atoms with Crippen LogP contribution in [0.15, 0.2) is 73.1 Å². The number of carboxylic acids is 1. The van der Waals surface area contributed by atoms with Gasteiger partial charge in [-0.05, 0) is 84.7 Å². The van der Waals surface area contributed by atoms with Gasteiger partial charge in [-0.3, -0.25) is 19.1 Å². The predicted molar refractivity (Wildman–Crippen MR) is 174 cm³/mol. The van der Waals surface area contributed by atoms with Gasteiger partial charge in [0.15, 0.2) is 0 Å². The number of carbonyl (C=O) groups excluding carboxylic acids is 2. The first-order valence-electron chi connectivity index (χ1n) is 15.5. The van der Waals surface area contributed by atoms with Gasteiger partial charge < -0.3 is 20.1 Å². The highest BCUT2D eigenvalue weighted by Gasteiger charge is 2.29. The molecule has 4 aromatic rings. The van der Waals surface area contributed by atoms with E-state index in [1.807, 2.05) is 58.4 Å². The molecular formula is C36H40N4O5. The number of carboxylic acid groups (broad SMARTS) is 1. The van der Waals surface area contributed by atoms with Gasteiger partial charge in [-0.15, -0.1) is 0 Å². The van der Waals surface area contributed by atoms with E-state index in [1.54, 1.807) is 12.1 Å². The second kappa shape index (κ2) is 14.2. The van der Waals surface area contributed by atoms with Gasteiger partial charge in [-0.1, -0.05) is 43.3 Å². The molecule has 1 aromatic heterocycles. The minimum absolute atomic E-state index is 0.0753. The van der Waals surface area contributed by atoms with E-state index in [4.69, 9.17) is 9.84 Å². The summed E-state index contributed by atoms with van der Waals surface area (Å²) in [5.74, 6) is -0.00484. The van der Waals surface area contributed by atoms with Crippen LogP contribution in [0.1, 0.15) is 71.1 Å². The molecule has 0 spiro atoms. The van der Waals surface area contributed by atoms with Crippen LogP contribution in [0, 0.1) is 13.8 Å². The zero-order valence-corrected chi connectivity index (χ0v) is 26.1. The fourth-order valence-electron chi connectivity index (χ4n) is 5.80. The number of nitrogens with one attached hydrogen (secondary N) is 1. The molecule has 1 unspecified atom stereocenters. The first kappa shape index (κ1) is 31.5. The average Bonchev–Trinajstić information content (AvgIpc) is 3.49. The zero-order chi connectivity index (χ0) is 31.9. The summed E-state index contributed by atoms with van der Waals surface area (Å²) >= 11 is 0. The van der Waals surface area contributed by atoms with Crippen molar-refractivity contribution in [2.75, 3.05) is 24.6 Å². The van der Waals surface area contributed by atoms with E-state index in [-0.39, 0.29) is 30.7 Å². The van der Waals surface area contributed by atoms with Crippen LogP contribution in [-0.2, 0) is 16.1 Å². The third kappa shape index (κ3) is 7.60. The van der Waals surface area contributed by atoms with Crippen LogP contribution in [0.5, 0.6) is 5.75 Å². The van der Waals surface area contributed by atoms with Gasteiger partial charge >= 0.3 is 5.97 Å². The summed E-state index contributed by atoms with van der Waals surface area (Å²) in [6, 6.07) is 19.4. The molecule has 0 fully saturated rings. The largest absolute Gasteiger partial charge is 0.493 e. The van der Waals surface area contributed by atoms with Gasteiger partial charge in [0, 0.05) is 42.5 Å². The van der Waals surface area contributed by atoms with Crippen molar-refractivity contribution in [2.24, 2.45) is 0 Å². The van der Waals surface area contributed by atoms with E-state index in [2.05, 4.69) is 43.3 Å². The standard InChI is InChI=1S/C36H40N4O5/c1-24-8-4-13-32(26(24)3)45-19-7-14-33(41)40-18-16-25(2)35-30(11-6-12-31(35)40)29-21-38-39(23-29)22-27-9-5-10-28(20-27)36(44)37-17-15-34(42)43/h4-6,8-13,20-21,23,25H,7,14-19,22H2,1-3H3,(H,37,44)(H,42,43). The monoisotopic (exact) mass is 608 g/mol. The predicted octanol–water partition coefficient (Wildman–Crippen LogP) is 6.12. The molecule has 234 valence electrons. The second-order valence-electron chi connectivity index (χ2n) is 11.7. The number of aromatic nitrogens is 2. The molecule has 0 bridgehead atoms. The lowest BCUT2D eigenvalue weighted by atomic mass is 9.85.